The van der Waals surface area contributed by atoms with E-state index in [0.29, 0.717) is 12.5 Å². The first-order chi connectivity index (χ1) is 7.52. The number of nitrogens with zero attached hydrogens (tertiary/aromatic N) is 3. The number of nitrogens with two attached hydrogens (primary N) is 1. The molecule has 0 amide bonds. The van der Waals surface area contributed by atoms with Gasteiger partial charge in [0.25, 0.3) is 0 Å². The van der Waals surface area contributed by atoms with Crippen LogP contribution in [0.1, 0.15) is 19.4 Å². The molecule has 3 N–H and O–H groups in total. The molecular weight excluding hydrogens is 202 g/mol. The Kier molecular flexibility index (Phi) is 2.55. The Morgan fingerprint density at radius 3 is 2.88 bits per heavy atom. The first kappa shape index (κ1) is 10.9. The molecule has 2 aromatic heterocycles. The van der Waals surface area contributed by atoms with Crippen LogP contribution in [0.3, 0.4) is 0 Å². The third kappa shape index (κ3) is 1.99. The number of anilines is 1. The molecule has 2 aromatic rings. The zero-order chi connectivity index (χ0) is 11.8. The van der Waals surface area contributed by atoms with E-state index in [4.69, 9.17) is 5.73 Å². The maximum absolute atomic E-state index is 5.65. The van der Waals surface area contributed by atoms with Crippen molar-refractivity contribution in [2.75, 3.05) is 11.9 Å². The molecule has 0 aromatic carbocycles. The number of pyridine rings is 1. The zero-order valence-corrected chi connectivity index (χ0v) is 9.86. The van der Waals surface area contributed by atoms with Gasteiger partial charge in [-0.2, -0.15) is 4.98 Å². The van der Waals surface area contributed by atoms with E-state index < -0.39 is 0 Å². The predicted octanol–water partition coefficient (Wildman–Crippen LogP) is 1.19. The van der Waals surface area contributed by atoms with Gasteiger partial charge in [0.2, 0.25) is 5.95 Å². The van der Waals surface area contributed by atoms with Gasteiger partial charge in [-0.15, -0.1) is 5.10 Å². The summed E-state index contributed by atoms with van der Waals surface area (Å²) in [5.74, 6) is 0.616. The Morgan fingerprint density at radius 1 is 1.50 bits per heavy atom. The second-order valence-electron chi connectivity index (χ2n) is 4.61. The number of hydrogen-bond donors (Lipinski definition) is 2. The summed E-state index contributed by atoms with van der Waals surface area (Å²) >= 11 is 0. The Hall–Kier alpha value is -1.62. The van der Waals surface area contributed by atoms with Crippen molar-refractivity contribution >= 4 is 11.6 Å². The fraction of sp³-hybridized carbons (Fsp3) is 0.455. The highest BCUT2D eigenvalue weighted by Gasteiger charge is 2.17. The molecule has 5 heteroatoms. The molecule has 0 fully saturated rings. The van der Waals surface area contributed by atoms with Gasteiger partial charge in [0.05, 0.1) is 0 Å². The van der Waals surface area contributed by atoms with Crippen LogP contribution in [0.15, 0.2) is 18.3 Å². The topological polar surface area (TPSA) is 68.2 Å². The number of aromatic nitrogens is 3. The van der Waals surface area contributed by atoms with Crippen molar-refractivity contribution in [2.24, 2.45) is 5.73 Å². The molecule has 86 valence electrons. The molecule has 0 saturated heterocycles. The second kappa shape index (κ2) is 3.75. The van der Waals surface area contributed by atoms with Gasteiger partial charge in [-0.25, -0.2) is 4.52 Å². The van der Waals surface area contributed by atoms with E-state index in [2.05, 4.69) is 15.4 Å². The summed E-state index contributed by atoms with van der Waals surface area (Å²) in [7, 11) is 0. The van der Waals surface area contributed by atoms with Crippen molar-refractivity contribution in [3.05, 3.63) is 23.9 Å². The fourth-order valence-corrected chi connectivity index (χ4v) is 1.45. The van der Waals surface area contributed by atoms with Crippen molar-refractivity contribution in [1.29, 1.82) is 0 Å². The third-order valence-corrected chi connectivity index (χ3v) is 2.52. The number of aryl methyl sites for hydroxylation is 1. The molecule has 0 atom stereocenters. The summed E-state index contributed by atoms with van der Waals surface area (Å²) in [5, 5.41) is 7.56. The summed E-state index contributed by atoms with van der Waals surface area (Å²) in [6.45, 7) is 6.58. The van der Waals surface area contributed by atoms with Crippen LogP contribution >= 0.6 is 0 Å². The molecule has 0 bridgehead atoms. The van der Waals surface area contributed by atoms with Crippen LogP contribution in [0.4, 0.5) is 5.95 Å². The second-order valence-corrected chi connectivity index (χ2v) is 4.61. The third-order valence-electron chi connectivity index (χ3n) is 2.52. The average Bonchev–Trinajstić information content (AvgIpc) is 2.61. The predicted molar refractivity (Wildman–Crippen MR) is 64.5 cm³/mol. The van der Waals surface area contributed by atoms with Crippen LogP contribution in [-0.4, -0.2) is 26.7 Å². The van der Waals surface area contributed by atoms with Crippen LogP contribution in [0.2, 0.25) is 0 Å². The maximum atomic E-state index is 5.65. The van der Waals surface area contributed by atoms with Crippen molar-refractivity contribution in [1.82, 2.24) is 14.6 Å². The van der Waals surface area contributed by atoms with Crippen LogP contribution in [0.5, 0.6) is 0 Å². The number of hydrogen-bond acceptors (Lipinski definition) is 4. The summed E-state index contributed by atoms with van der Waals surface area (Å²) in [6.07, 6.45) is 1.88. The minimum Gasteiger partial charge on any atom is -0.347 e. The molecular formula is C11H17N5. The molecule has 2 heterocycles. The van der Waals surface area contributed by atoms with E-state index in [1.54, 1.807) is 4.52 Å². The first-order valence-corrected chi connectivity index (χ1v) is 5.32. The van der Waals surface area contributed by atoms with E-state index in [0.717, 1.165) is 11.2 Å². The molecule has 16 heavy (non-hydrogen) atoms. The molecule has 2 rings (SSSR count). The van der Waals surface area contributed by atoms with Gasteiger partial charge in [0.1, 0.15) is 0 Å². The molecule has 0 saturated carbocycles. The van der Waals surface area contributed by atoms with E-state index in [9.17, 15) is 0 Å². The van der Waals surface area contributed by atoms with Gasteiger partial charge >= 0.3 is 0 Å². The first-order valence-electron chi connectivity index (χ1n) is 5.32. The Bertz CT molecular complexity index is 500. The lowest BCUT2D eigenvalue weighted by atomic mass is 10.1. The SMILES string of the molecule is Cc1cccn2nc(NC(C)(C)CN)nc12. The quantitative estimate of drug-likeness (QED) is 0.813. The van der Waals surface area contributed by atoms with Crippen molar-refractivity contribution in [3.8, 4) is 0 Å². The molecule has 5 nitrogen and oxygen atoms in total. The summed E-state index contributed by atoms with van der Waals surface area (Å²) in [4.78, 5) is 4.43. The molecule has 0 spiro atoms. The number of nitrogens with one attached hydrogen (secondary N) is 1. The highest BCUT2D eigenvalue weighted by molar-refractivity contribution is 5.50. The van der Waals surface area contributed by atoms with E-state index in [-0.39, 0.29) is 5.54 Å². The van der Waals surface area contributed by atoms with E-state index in [1.165, 1.54) is 0 Å². The van der Waals surface area contributed by atoms with Crippen molar-refractivity contribution in [2.45, 2.75) is 26.3 Å². The van der Waals surface area contributed by atoms with Crippen molar-refractivity contribution < 1.29 is 0 Å². The number of rotatable bonds is 3. The standard InChI is InChI=1S/C11H17N5/c1-8-5-4-6-16-9(8)13-10(15-16)14-11(2,3)7-12/h4-6H,7,12H2,1-3H3,(H,14,15). The lowest BCUT2D eigenvalue weighted by Crippen LogP contribution is -2.39. The Morgan fingerprint density at radius 2 is 2.25 bits per heavy atom. The van der Waals surface area contributed by atoms with Crippen LogP contribution in [-0.2, 0) is 0 Å². The molecule has 0 radical (unpaired) electrons. The fourth-order valence-electron chi connectivity index (χ4n) is 1.45. The van der Waals surface area contributed by atoms with Crippen LogP contribution in [0, 0.1) is 6.92 Å². The molecule has 0 aliphatic rings. The summed E-state index contributed by atoms with van der Waals surface area (Å²) < 4.78 is 1.77. The summed E-state index contributed by atoms with van der Waals surface area (Å²) in [5.41, 5.74) is 7.44. The van der Waals surface area contributed by atoms with Gasteiger partial charge in [-0.1, -0.05) is 6.07 Å². The van der Waals surface area contributed by atoms with Gasteiger partial charge < -0.3 is 11.1 Å². The molecule has 0 aliphatic carbocycles. The minimum atomic E-state index is -0.196. The zero-order valence-electron chi connectivity index (χ0n) is 9.86. The van der Waals surface area contributed by atoms with Crippen molar-refractivity contribution in [3.63, 3.8) is 0 Å². The largest absolute Gasteiger partial charge is 0.347 e. The Labute approximate surface area is 94.7 Å². The molecule has 0 aliphatic heterocycles. The maximum Gasteiger partial charge on any atom is 0.243 e. The van der Waals surface area contributed by atoms with E-state index in [1.807, 2.05) is 39.1 Å². The molecule has 0 unspecified atom stereocenters. The van der Waals surface area contributed by atoms with Crippen LogP contribution < -0.4 is 11.1 Å². The average molecular weight is 219 g/mol. The van der Waals surface area contributed by atoms with Crippen LogP contribution in [0.25, 0.3) is 5.65 Å². The normalized spacial score (nSPS) is 12.0. The highest BCUT2D eigenvalue weighted by atomic mass is 15.4. The van der Waals surface area contributed by atoms with Gasteiger partial charge in [0, 0.05) is 18.3 Å². The lowest BCUT2D eigenvalue weighted by Gasteiger charge is -2.22. The summed E-state index contributed by atoms with van der Waals surface area (Å²) in [6, 6.07) is 3.97. The van der Waals surface area contributed by atoms with Gasteiger partial charge in [-0.05, 0) is 32.4 Å². The van der Waals surface area contributed by atoms with E-state index >= 15 is 0 Å². The smallest absolute Gasteiger partial charge is 0.243 e. The number of fused-ring (bicyclic) bond motifs is 1. The Balaban J connectivity index is 2.37. The minimum absolute atomic E-state index is 0.196. The lowest BCUT2D eigenvalue weighted by molar-refractivity contribution is 0.574. The monoisotopic (exact) mass is 219 g/mol. The van der Waals surface area contributed by atoms with Gasteiger partial charge in [-0.3, -0.25) is 0 Å². The van der Waals surface area contributed by atoms with Gasteiger partial charge in [0.15, 0.2) is 5.65 Å². The highest BCUT2D eigenvalue weighted by Crippen LogP contribution is 2.13.